The summed E-state index contributed by atoms with van der Waals surface area (Å²) in [5.74, 6) is 0.143. The summed E-state index contributed by atoms with van der Waals surface area (Å²) in [5.41, 5.74) is 0.647. The van der Waals surface area contributed by atoms with E-state index in [2.05, 4.69) is 15.3 Å². The Kier molecular flexibility index (Phi) is 6.12. The van der Waals surface area contributed by atoms with Gasteiger partial charge in [0.25, 0.3) is 5.84 Å². The summed E-state index contributed by atoms with van der Waals surface area (Å²) in [6.45, 7) is 4.16. The molecule has 0 fully saturated rings. The first-order chi connectivity index (χ1) is 13.8. The highest BCUT2D eigenvalue weighted by molar-refractivity contribution is 8.14. The first-order valence-corrected chi connectivity index (χ1v) is 10.0. The lowest BCUT2D eigenvalue weighted by Gasteiger charge is -2.26. The van der Waals surface area contributed by atoms with Crippen molar-refractivity contribution in [3.05, 3.63) is 24.3 Å². The summed E-state index contributed by atoms with van der Waals surface area (Å²) < 4.78 is 6.72. The molecule has 152 valence electrons. The molecule has 0 radical (unpaired) electrons. The summed E-state index contributed by atoms with van der Waals surface area (Å²) in [7, 11) is 2.99. The van der Waals surface area contributed by atoms with Gasteiger partial charge in [0, 0.05) is 12.6 Å². The largest absolute Gasteiger partial charge is 0.494 e. The number of amides is 4. The number of nitrogens with zero attached hydrogens (tertiary/aromatic N) is 4. The van der Waals surface area contributed by atoms with Crippen LogP contribution in [0.2, 0.25) is 0 Å². The average Bonchev–Trinajstić information content (AvgIpc) is 2.70. The third kappa shape index (κ3) is 4.37. The number of thioether (sulfide) groups is 1. The molecule has 29 heavy (non-hydrogen) atoms. The fourth-order valence-electron chi connectivity index (χ4n) is 2.94. The number of hydrogen-bond acceptors (Lipinski definition) is 7. The molecule has 0 aromatic heterocycles. The van der Waals surface area contributed by atoms with Crippen LogP contribution in [0.1, 0.15) is 13.8 Å². The second kappa shape index (κ2) is 8.56. The van der Waals surface area contributed by atoms with Gasteiger partial charge in [0.1, 0.15) is 10.8 Å². The Labute approximate surface area is 172 Å². The number of anilines is 1. The number of carbonyl (C=O) groups excluding carboxylic acids is 3. The number of aliphatic imine (C=N–C) groups is 2. The Hall–Kier alpha value is -3.01. The SMILES string of the molecule is CCOc1ccc(NC(=O)CSC2=NC(C)=NC3=[N+](C)C(=O)N(C)C(=O)C23)cc1. The van der Waals surface area contributed by atoms with Crippen molar-refractivity contribution in [3.8, 4) is 5.75 Å². The molecule has 3 rings (SSSR count). The number of fused-ring (bicyclic) bond motifs is 1. The molecular weight excluding hydrogens is 394 g/mol. The topological polar surface area (TPSA) is 103 Å². The molecule has 0 saturated carbocycles. The molecule has 2 aliphatic heterocycles. The molecule has 0 saturated heterocycles. The smallest absolute Gasteiger partial charge is 0.445 e. The maximum absolute atomic E-state index is 12.6. The van der Waals surface area contributed by atoms with Gasteiger partial charge in [0.05, 0.1) is 26.5 Å². The molecule has 0 spiro atoms. The van der Waals surface area contributed by atoms with E-state index in [4.69, 9.17) is 4.74 Å². The Bertz CT molecular complexity index is 952. The molecule has 2 heterocycles. The zero-order chi connectivity index (χ0) is 21.1. The average molecular weight is 416 g/mol. The van der Waals surface area contributed by atoms with Gasteiger partial charge in [-0.3, -0.25) is 9.59 Å². The molecule has 1 aromatic rings. The monoisotopic (exact) mass is 416 g/mol. The van der Waals surface area contributed by atoms with Gasteiger partial charge in [-0.05, 0) is 31.2 Å². The number of hydrogen-bond donors (Lipinski definition) is 1. The first kappa shape index (κ1) is 20.7. The van der Waals surface area contributed by atoms with Crippen molar-refractivity contribution >= 4 is 52.0 Å². The molecule has 1 N–H and O–H groups in total. The number of urea groups is 1. The molecule has 4 amide bonds. The second-order valence-electron chi connectivity index (χ2n) is 6.43. The Morgan fingerprint density at radius 2 is 1.97 bits per heavy atom. The van der Waals surface area contributed by atoms with E-state index in [1.165, 1.54) is 11.6 Å². The van der Waals surface area contributed by atoms with Gasteiger partial charge >= 0.3 is 11.9 Å². The summed E-state index contributed by atoms with van der Waals surface area (Å²) in [4.78, 5) is 46.8. The minimum absolute atomic E-state index is 0.0672. The van der Waals surface area contributed by atoms with Crippen molar-refractivity contribution in [1.82, 2.24) is 4.90 Å². The molecule has 1 atom stereocenters. The van der Waals surface area contributed by atoms with Crippen molar-refractivity contribution in [1.29, 1.82) is 0 Å². The number of rotatable bonds is 5. The van der Waals surface area contributed by atoms with Gasteiger partial charge in [-0.15, -0.1) is 0 Å². The Morgan fingerprint density at radius 1 is 1.28 bits per heavy atom. The van der Waals surface area contributed by atoms with Gasteiger partial charge < -0.3 is 10.1 Å². The van der Waals surface area contributed by atoms with Gasteiger partial charge in [-0.1, -0.05) is 16.8 Å². The van der Waals surface area contributed by atoms with Crippen LogP contribution in [0.15, 0.2) is 34.3 Å². The van der Waals surface area contributed by atoms with Crippen LogP contribution in [0.25, 0.3) is 0 Å². The minimum Gasteiger partial charge on any atom is -0.494 e. The molecule has 1 unspecified atom stereocenters. The van der Waals surface area contributed by atoms with E-state index >= 15 is 0 Å². The van der Waals surface area contributed by atoms with E-state index in [9.17, 15) is 14.4 Å². The Morgan fingerprint density at radius 3 is 2.62 bits per heavy atom. The van der Waals surface area contributed by atoms with Crippen molar-refractivity contribution in [2.24, 2.45) is 15.9 Å². The number of benzene rings is 1. The minimum atomic E-state index is -0.783. The van der Waals surface area contributed by atoms with E-state index in [0.29, 0.717) is 29.0 Å². The molecular formula is C19H22N5O4S+. The van der Waals surface area contributed by atoms with Crippen LogP contribution in [0, 0.1) is 5.92 Å². The van der Waals surface area contributed by atoms with Gasteiger partial charge in [-0.25, -0.2) is 9.79 Å². The van der Waals surface area contributed by atoms with E-state index in [1.807, 2.05) is 6.92 Å². The lowest BCUT2D eigenvalue weighted by Crippen LogP contribution is -2.54. The normalized spacial score (nSPS) is 18.9. The van der Waals surface area contributed by atoms with Crippen LogP contribution in [-0.2, 0) is 9.59 Å². The number of ether oxygens (including phenoxy) is 1. The summed E-state index contributed by atoms with van der Waals surface area (Å²) >= 11 is 1.16. The van der Waals surface area contributed by atoms with Gasteiger partial charge in [0.15, 0.2) is 5.92 Å². The van der Waals surface area contributed by atoms with Crippen LogP contribution in [0.5, 0.6) is 5.75 Å². The van der Waals surface area contributed by atoms with Crippen molar-refractivity contribution in [3.63, 3.8) is 0 Å². The van der Waals surface area contributed by atoms with Crippen LogP contribution in [-0.4, -0.2) is 70.5 Å². The van der Waals surface area contributed by atoms with Crippen LogP contribution in [0.4, 0.5) is 10.5 Å². The van der Waals surface area contributed by atoms with Crippen LogP contribution in [0.3, 0.4) is 0 Å². The maximum Gasteiger partial charge on any atom is 0.445 e. The Balaban J connectivity index is 1.69. The van der Waals surface area contributed by atoms with E-state index in [0.717, 1.165) is 22.4 Å². The molecule has 10 heteroatoms. The quantitative estimate of drug-likeness (QED) is 0.738. The van der Waals surface area contributed by atoms with Crippen molar-refractivity contribution in [2.75, 3.05) is 31.8 Å². The van der Waals surface area contributed by atoms with E-state index in [-0.39, 0.29) is 11.7 Å². The highest BCUT2D eigenvalue weighted by Gasteiger charge is 2.48. The number of nitrogens with one attached hydrogen (secondary N) is 1. The summed E-state index contributed by atoms with van der Waals surface area (Å²) in [5, 5.41) is 3.25. The molecule has 9 nitrogen and oxygen atoms in total. The van der Waals surface area contributed by atoms with Crippen molar-refractivity contribution in [2.45, 2.75) is 13.8 Å². The molecule has 0 aliphatic carbocycles. The van der Waals surface area contributed by atoms with Gasteiger partial charge in [0.2, 0.25) is 11.7 Å². The van der Waals surface area contributed by atoms with Crippen LogP contribution >= 0.6 is 11.8 Å². The summed E-state index contributed by atoms with van der Waals surface area (Å²) in [6.07, 6.45) is 0. The third-order valence-electron chi connectivity index (χ3n) is 4.35. The zero-order valence-electron chi connectivity index (χ0n) is 16.6. The van der Waals surface area contributed by atoms with E-state index < -0.39 is 17.9 Å². The second-order valence-corrected chi connectivity index (χ2v) is 7.43. The first-order valence-electron chi connectivity index (χ1n) is 9.03. The predicted molar refractivity (Wildman–Crippen MR) is 112 cm³/mol. The highest BCUT2D eigenvalue weighted by atomic mass is 32.2. The fourth-order valence-corrected chi connectivity index (χ4v) is 3.86. The predicted octanol–water partition coefficient (Wildman–Crippen LogP) is 1.84. The highest BCUT2D eigenvalue weighted by Crippen LogP contribution is 2.25. The zero-order valence-corrected chi connectivity index (χ0v) is 17.4. The summed E-state index contributed by atoms with van der Waals surface area (Å²) in [6, 6.07) is 6.63. The molecule has 1 aromatic carbocycles. The standard InChI is InChI=1S/C19H21N5O4S/c1-5-28-13-8-6-12(7-9-13)22-14(25)10-29-17-15-16(20-11(2)21-17)23(3)19(27)24(4)18(15)26/h6-9,15H,5,10H2,1-4H3/p+1. The lowest BCUT2D eigenvalue weighted by molar-refractivity contribution is -0.407. The van der Waals surface area contributed by atoms with Crippen molar-refractivity contribution < 1.29 is 23.7 Å². The number of carbonyl (C=O) groups is 3. The molecule has 0 bridgehead atoms. The number of imide groups is 1. The maximum atomic E-state index is 12.6. The van der Waals surface area contributed by atoms with Crippen LogP contribution < -0.4 is 10.1 Å². The van der Waals surface area contributed by atoms with Gasteiger partial charge in [-0.2, -0.15) is 9.48 Å². The number of amidine groups is 2. The molecule has 2 aliphatic rings. The third-order valence-corrected chi connectivity index (χ3v) is 5.38. The lowest BCUT2D eigenvalue weighted by atomic mass is 10.1. The van der Waals surface area contributed by atoms with E-state index in [1.54, 1.807) is 38.2 Å². The fraction of sp³-hybridized carbons (Fsp3) is 0.368.